The van der Waals surface area contributed by atoms with Crippen LogP contribution in [0, 0.1) is 12.7 Å². The maximum absolute atomic E-state index is 12.7. The summed E-state index contributed by atoms with van der Waals surface area (Å²) in [5.74, 6) is 2.01. The van der Waals surface area contributed by atoms with E-state index in [-0.39, 0.29) is 5.82 Å². The van der Waals surface area contributed by atoms with Crippen molar-refractivity contribution in [1.29, 1.82) is 0 Å². The summed E-state index contributed by atoms with van der Waals surface area (Å²) in [5.41, 5.74) is 1.12. The Kier molecular flexibility index (Phi) is 3.99. The summed E-state index contributed by atoms with van der Waals surface area (Å²) in [6.07, 6.45) is 0. The fourth-order valence-corrected chi connectivity index (χ4v) is 1.71. The molecule has 0 saturated heterocycles. The van der Waals surface area contributed by atoms with Crippen LogP contribution >= 0.6 is 0 Å². The van der Waals surface area contributed by atoms with E-state index < -0.39 is 0 Å². The minimum absolute atomic E-state index is 0.271. The molecule has 0 bridgehead atoms. The molecule has 0 amide bonds. The van der Waals surface area contributed by atoms with Crippen molar-refractivity contribution >= 4 is 0 Å². The molecule has 96 valence electrons. The Bertz CT molecular complexity index is 505. The molecule has 1 aromatic heterocycles. The Morgan fingerprint density at radius 3 is 2.67 bits per heavy atom. The third-order valence-corrected chi connectivity index (χ3v) is 2.63. The van der Waals surface area contributed by atoms with Crippen molar-refractivity contribution in [1.82, 2.24) is 5.32 Å². The van der Waals surface area contributed by atoms with Gasteiger partial charge in [-0.1, -0.05) is 0 Å². The third kappa shape index (κ3) is 3.11. The predicted octanol–water partition coefficient (Wildman–Crippen LogP) is 3.03. The first-order valence-corrected chi connectivity index (χ1v) is 5.80. The van der Waals surface area contributed by atoms with Gasteiger partial charge in [0.15, 0.2) is 0 Å². The summed E-state index contributed by atoms with van der Waals surface area (Å²) in [6.45, 7) is 3.04. The molecule has 0 radical (unpaired) electrons. The molecule has 0 aliphatic rings. The van der Waals surface area contributed by atoms with E-state index in [1.807, 2.05) is 20.0 Å². The van der Waals surface area contributed by atoms with Crippen molar-refractivity contribution in [3.63, 3.8) is 0 Å². The largest absolute Gasteiger partial charge is 0.486 e. The van der Waals surface area contributed by atoms with Gasteiger partial charge in [0.25, 0.3) is 0 Å². The fourth-order valence-electron chi connectivity index (χ4n) is 1.71. The second-order valence-electron chi connectivity index (χ2n) is 4.07. The fraction of sp³-hybridized carbons (Fsp3) is 0.286. The van der Waals surface area contributed by atoms with Crippen LogP contribution in [0.2, 0.25) is 0 Å². The number of aryl methyl sites for hydroxylation is 1. The molecule has 1 aromatic carbocycles. The van der Waals surface area contributed by atoms with Gasteiger partial charge >= 0.3 is 0 Å². The number of hydrogen-bond acceptors (Lipinski definition) is 3. The van der Waals surface area contributed by atoms with E-state index in [9.17, 15) is 4.39 Å². The summed E-state index contributed by atoms with van der Waals surface area (Å²) in [4.78, 5) is 0. The maximum atomic E-state index is 12.7. The molecule has 0 spiro atoms. The summed E-state index contributed by atoms with van der Waals surface area (Å²) in [5, 5.41) is 3.08. The van der Waals surface area contributed by atoms with E-state index in [0.29, 0.717) is 12.4 Å². The number of rotatable bonds is 5. The summed E-state index contributed by atoms with van der Waals surface area (Å²) in [6, 6.07) is 7.90. The van der Waals surface area contributed by atoms with Gasteiger partial charge in [-0.15, -0.1) is 0 Å². The number of benzene rings is 1. The Labute approximate surface area is 106 Å². The van der Waals surface area contributed by atoms with E-state index in [4.69, 9.17) is 9.15 Å². The van der Waals surface area contributed by atoms with Crippen molar-refractivity contribution in [3.05, 3.63) is 53.2 Å². The second-order valence-corrected chi connectivity index (χ2v) is 4.07. The summed E-state index contributed by atoms with van der Waals surface area (Å²) >= 11 is 0. The van der Waals surface area contributed by atoms with Crippen LogP contribution in [-0.2, 0) is 13.2 Å². The van der Waals surface area contributed by atoms with Crippen LogP contribution in [0.25, 0.3) is 0 Å². The van der Waals surface area contributed by atoms with Gasteiger partial charge in [0.1, 0.15) is 29.7 Å². The van der Waals surface area contributed by atoms with Gasteiger partial charge in [0.05, 0.1) is 0 Å². The van der Waals surface area contributed by atoms with Crippen LogP contribution in [0.3, 0.4) is 0 Å². The number of hydrogen-bond donors (Lipinski definition) is 1. The van der Waals surface area contributed by atoms with Gasteiger partial charge in [-0.2, -0.15) is 0 Å². The monoisotopic (exact) mass is 249 g/mol. The number of furan rings is 1. The van der Waals surface area contributed by atoms with Gasteiger partial charge in [-0.25, -0.2) is 4.39 Å². The average Bonchev–Trinajstić information content (AvgIpc) is 2.70. The number of ether oxygens (including phenoxy) is 1. The summed E-state index contributed by atoms with van der Waals surface area (Å²) < 4.78 is 23.8. The lowest BCUT2D eigenvalue weighted by Gasteiger charge is -2.03. The van der Waals surface area contributed by atoms with Crippen molar-refractivity contribution in [3.8, 4) is 5.75 Å². The molecular weight excluding hydrogens is 233 g/mol. The Morgan fingerprint density at radius 2 is 2.00 bits per heavy atom. The zero-order valence-electron chi connectivity index (χ0n) is 10.5. The standard InChI is InChI=1S/C14H16FNO2/c1-10-11(8-16-2)7-14(18-10)9-17-13-5-3-12(15)4-6-13/h3-7,16H,8-9H2,1-2H3. The molecule has 0 atom stereocenters. The summed E-state index contributed by atoms with van der Waals surface area (Å²) in [7, 11) is 1.89. The highest BCUT2D eigenvalue weighted by Gasteiger charge is 2.07. The number of nitrogens with one attached hydrogen (secondary N) is 1. The quantitative estimate of drug-likeness (QED) is 0.884. The first-order chi connectivity index (χ1) is 8.69. The maximum Gasteiger partial charge on any atom is 0.146 e. The lowest BCUT2D eigenvalue weighted by Crippen LogP contribution is -2.04. The van der Waals surface area contributed by atoms with E-state index in [1.165, 1.54) is 12.1 Å². The average molecular weight is 249 g/mol. The lowest BCUT2D eigenvalue weighted by molar-refractivity contribution is 0.267. The topological polar surface area (TPSA) is 34.4 Å². The molecule has 2 rings (SSSR count). The van der Waals surface area contributed by atoms with E-state index in [2.05, 4.69) is 5.32 Å². The van der Waals surface area contributed by atoms with Crippen molar-refractivity contribution in [2.45, 2.75) is 20.1 Å². The third-order valence-electron chi connectivity index (χ3n) is 2.63. The van der Waals surface area contributed by atoms with E-state index >= 15 is 0 Å². The van der Waals surface area contributed by atoms with Crippen LogP contribution in [0.5, 0.6) is 5.75 Å². The van der Waals surface area contributed by atoms with E-state index in [0.717, 1.165) is 23.6 Å². The Hall–Kier alpha value is -1.81. The number of halogens is 1. The van der Waals surface area contributed by atoms with Crippen molar-refractivity contribution in [2.75, 3.05) is 7.05 Å². The predicted molar refractivity (Wildman–Crippen MR) is 66.9 cm³/mol. The molecule has 0 aliphatic carbocycles. The zero-order valence-corrected chi connectivity index (χ0v) is 10.5. The minimum Gasteiger partial charge on any atom is -0.486 e. The van der Waals surface area contributed by atoms with Crippen LogP contribution < -0.4 is 10.1 Å². The highest BCUT2D eigenvalue weighted by atomic mass is 19.1. The second kappa shape index (κ2) is 5.69. The van der Waals surface area contributed by atoms with Crippen molar-refractivity contribution in [2.24, 2.45) is 0 Å². The first kappa shape index (κ1) is 12.6. The zero-order chi connectivity index (χ0) is 13.0. The van der Waals surface area contributed by atoms with E-state index in [1.54, 1.807) is 12.1 Å². The van der Waals surface area contributed by atoms with Gasteiger partial charge in [0, 0.05) is 12.1 Å². The highest BCUT2D eigenvalue weighted by Crippen LogP contribution is 2.17. The molecule has 18 heavy (non-hydrogen) atoms. The van der Waals surface area contributed by atoms with Crippen LogP contribution in [0.4, 0.5) is 4.39 Å². The first-order valence-electron chi connectivity index (χ1n) is 5.80. The molecule has 3 nitrogen and oxygen atoms in total. The molecule has 2 aromatic rings. The van der Waals surface area contributed by atoms with Gasteiger partial charge < -0.3 is 14.5 Å². The molecule has 0 fully saturated rings. The van der Waals surface area contributed by atoms with Gasteiger partial charge in [0.2, 0.25) is 0 Å². The molecule has 0 saturated carbocycles. The van der Waals surface area contributed by atoms with Crippen molar-refractivity contribution < 1.29 is 13.5 Å². The lowest BCUT2D eigenvalue weighted by atomic mass is 10.2. The van der Waals surface area contributed by atoms with Crippen LogP contribution in [0.15, 0.2) is 34.7 Å². The Balaban J connectivity index is 1.97. The SMILES string of the molecule is CNCc1cc(COc2ccc(F)cc2)oc1C. The molecule has 0 aliphatic heterocycles. The molecule has 1 N–H and O–H groups in total. The smallest absolute Gasteiger partial charge is 0.146 e. The van der Waals surface area contributed by atoms with Crippen LogP contribution in [0.1, 0.15) is 17.1 Å². The van der Waals surface area contributed by atoms with Gasteiger partial charge in [-0.3, -0.25) is 0 Å². The Morgan fingerprint density at radius 1 is 1.28 bits per heavy atom. The molecule has 0 unspecified atom stereocenters. The molecule has 1 heterocycles. The molecule has 4 heteroatoms. The highest BCUT2D eigenvalue weighted by molar-refractivity contribution is 5.24. The normalized spacial score (nSPS) is 10.6. The minimum atomic E-state index is -0.271. The van der Waals surface area contributed by atoms with Gasteiger partial charge in [-0.05, 0) is 44.3 Å². The molecular formula is C14H16FNO2. The van der Waals surface area contributed by atoms with Crippen LogP contribution in [-0.4, -0.2) is 7.05 Å².